The molecule has 0 spiro atoms. The van der Waals surface area contributed by atoms with Crippen LogP contribution in [0.4, 0.5) is 0 Å². The van der Waals surface area contributed by atoms with E-state index in [0.29, 0.717) is 18.4 Å². The second kappa shape index (κ2) is 8.14. The van der Waals surface area contributed by atoms with Gasteiger partial charge in [0.25, 0.3) is 10.1 Å². The molecule has 5 nitrogen and oxygen atoms in total. The number of carboxylic acids is 1. The highest BCUT2D eigenvalue weighted by Gasteiger charge is 2.14. The monoisotopic (exact) mass is 314 g/mol. The van der Waals surface area contributed by atoms with Crippen LogP contribution in [0.5, 0.6) is 0 Å². The van der Waals surface area contributed by atoms with Gasteiger partial charge in [0.2, 0.25) is 0 Å². The van der Waals surface area contributed by atoms with Crippen LogP contribution in [0.3, 0.4) is 0 Å². The Morgan fingerprint density at radius 3 is 2.33 bits per heavy atom. The van der Waals surface area contributed by atoms with Crippen LogP contribution in [0.25, 0.3) is 0 Å². The molecule has 0 aliphatic heterocycles. The minimum Gasteiger partial charge on any atom is -0.481 e. The summed E-state index contributed by atoms with van der Waals surface area (Å²) in [6, 6.07) is 4.89. The number of aryl methyl sites for hydroxylation is 2. The standard InChI is InChI=1S/C15H22O5S/c1-12-9-10-14(21(18,19)20)13(11-12)7-5-3-2-4-6-8-15(16)17/h9-11H,2-8H2,1H3,(H,16,17)(H,18,19,20). The van der Waals surface area contributed by atoms with Gasteiger partial charge in [-0.15, -0.1) is 0 Å². The second-order valence-corrected chi connectivity index (χ2v) is 6.64. The lowest BCUT2D eigenvalue weighted by Gasteiger charge is -2.08. The summed E-state index contributed by atoms with van der Waals surface area (Å²) in [5.74, 6) is -0.771. The maximum atomic E-state index is 11.3. The number of hydrogen-bond donors (Lipinski definition) is 2. The van der Waals surface area contributed by atoms with E-state index in [1.807, 2.05) is 6.92 Å². The van der Waals surface area contributed by atoms with Gasteiger partial charge in [-0.25, -0.2) is 0 Å². The Morgan fingerprint density at radius 1 is 1.10 bits per heavy atom. The van der Waals surface area contributed by atoms with Crippen LogP contribution in [0, 0.1) is 6.92 Å². The van der Waals surface area contributed by atoms with E-state index < -0.39 is 16.1 Å². The van der Waals surface area contributed by atoms with Crippen molar-refractivity contribution < 1.29 is 22.9 Å². The normalized spacial score (nSPS) is 11.5. The fourth-order valence-corrected chi connectivity index (χ4v) is 3.01. The summed E-state index contributed by atoms with van der Waals surface area (Å²) in [6.45, 7) is 1.88. The molecule has 0 unspecified atom stereocenters. The summed E-state index contributed by atoms with van der Waals surface area (Å²) in [7, 11) is -4.18. The second-order valence-electron chi connectivity index (χ2n) is 5.25. The average molecular weight is 314 g/mol. The summed E-state index contributed by atoms with van der Waals surface area (Å²) in [5.41, 5.74) is 1.60. The smallest absolute Gasteiger partial charge is 0.303 e. The van der Waals surface area contributed by atoms with E-state index in [4.69, 9.17) is 5.11 Å². The predicted octanol–water partition coefficient (Wildman–Crippen LogP) is 3.21. The van der Waals surface area contributed by atoms with Crippen molar-refractivity contribution in [2.45, 2.75) is 56.8 Å². The summed E-state index contributed by atoms with van der Waals surface area (Å²) in [5, 5.41) is 8.52. The SMILES string of the molecule is Cc1ccc(S(=O)(=O)O)c(CCCCCCCC(=O)O)c1. The van der Waals surface area contributed by atoms with Crippen LogP contribution >= 0.6 is 0 Å². The summed E-state index contributed by atoms with van der Waals surface area (Å²) in [6.07, 6.45) is 5.00. The molecule has 6 heteroatoms. The number of hydrogen-bond acceptors (Lipinski definition) is 3. The van der Waals surface area contributed by atoms with Gasteiger partial charge in [0.1, 0.15) is 0 Å². The molecule has 118 valence electrons. The molecule has 1 aromatic rings. The number of rotatable bonds is 9. The first kappa shape index (κ1) is 17.7. The van der Waals surface area contributed by atoms with Crippen molar-refractivity contribution in [3.05, 3.63) is 29.3 Å². The lowest BCUT2D eigenvalue weighted by atomic mass is 10.0. The van der Waals surface area contributed by atoms with E-state index in [-0.39, 0.29) is 11.3 Å². The van der Waals surface area contributed by atoms with E-state index in [1.54, 1.807) is 12.1 Å². The van der Waals surface area contributed by atoms with Gasteiger partial charge in [-0.3, -0.25) is 9.35 Å². The van der Waals surface area contributed by atoms with Crippen molar-refractivity contribution in [3.63, 3.8) is 0 Å². The van der Waals surface area contributed by atoms with Crippen molar-refractivity contribution >= 4 is 16.1 Å². The fourth-order valence-electron chi connectivity index (χ4n) is 2.28. The van der Waals surface area contributed by atoms with Gasteiger partial charge in [0, 0.05) is 6.42 Å². The molecule has 1 rings (SSSR count). The zero-order chi connectivity index (χ0) is 15.9. The zero-order valence-electron chi connectivity index (χ0n) is 12.2. The highest BCUT2D eigenvalue weighted by atomic mass is 32.2. The van der Waals surface area contributed by atoms with E-state index in [9.17, 15) is 17.8 Å². The van der Waals surface area contributed by atoms with Gasteiger partial charge >= 0.3 is 5.97 Å². The van der Waals surface area contributed by atoms with Crippen molar-refractivity contribution in [3.8, 4) is 0 Å². The molecule has 1 aromatic carbocycles. The first-order valence-corrected chi connectivity index (χ1v) is 8.53. The lowest BCUT2D eigenvalue weighted by molar-refractivity contribution is -0.137. The van der Waals surface area contributed by atoms with Crippen LogP contribution < -0.4 is 0 Å². The number of carbonyl (C=O) groups is 1. The summed E-state index contributed by atoms with van der Waals surface area (Å²) in [4.78, 5) is 10.3. The van der Waals surface area contributed by atoms with E-state index in [0.717, 1.165) is 31.2 Å². The topological polar surface area (TPSA) is 91.7 Å². The molecule has 0 heterocycles. The molecule has 0 bridgehead atoms. The highest BCUT2D eigenvalue weighted by molar-refractivity contribution is 7.85. The molecule has 0 radical (unpaired) electrons. The van der Waals surface area contributed by atoms with Crippen molar-refractivity contribution in [2.24, 2.45) is 0 Å². The van der Waals surface area contributed by atoms with E-state index in [2.05, 4.69) is 0 Å². The zero-order valence-corrected chi connectivity index (χ0v) is 13.0. The maximum Gasteiger partial charge on any atom is 0.303 e. The molecule has 0 amide bonds. The molecule has 0 aromatic heterocycles. The van der Waals surface area contributed by atoms with E-state index in [1.165, 1.54) is 6.07 Å². The molecular formula is C15H22O5S. The molecule has 21 heavy (non-hydrogen) atoms. The Hall–Kier alpha value is -1.40. The van der Waals surface area contributed by atoms with Gasteiger partial charge in [-0.05, 0) is 37.8 Å². The Balaban J connectivity index is 2.45. The van der Waals surface area contributed by atoms with Gasteiger partial charge < -0.3 is 5.11 Å². The first-order valence-electron chi connectivity index (χ1n) is 7.09. The van der Waals surface area contributed by atoms with Crippen LogP contribution in [0.1, 0.15) is 49.7 Å². The summed E-state index contributed by atoms with van der Waals surface area (Å²) < 4.78 is 31.8. The van der Waals surface area contributed by atoms with Crippen LogP contribution in [-0.4, -0.2) is 24.0 Å². The van der Waals surface area contributed by atoms with Gasteiger partial charge in [0.05, 0.1) is 4.90 Å². The third kappa shape index (κ3) is 6.73. The van der Waals surface area contributed by atoms with Crippen LogP contribution in [0.15, 0.2) is 23.1 Å². The lowest BCUT2D eigenvalue weighted by Crippen LogP contribution is -2.03. The van der Waals surface area contributed by atoms with Crippen LogP contribution in [-0.2, 0) is 21.3 Å². The largest absolute Gasteiger partial charge is 0.481 e. The quantitative estimate of drug-likeness (QED) is 0.539. The van der Waals surface area contributed by atoms with Crippen LogP contribution in [0.2, 0.25) is 0 Å². The predicted molar refractivity (Wildman–Crippen MR) is 80.0 cm³/mol. The highest BCUT2D eigenvalue weighted by Crippen LogP contribution is 2.20. The van der Waals surface area contributed by atoms with Crippen molar-refractivity contribution in [1.82, 2.24) is 0 Å². The molecule has 0 saturated heterocycles. The van der Waals surface area contributed by atoms with Crippen molar-refractivity contribution in [1.29, 1.82) is 0 Å². The third-order valence-corrected chi connectivity index (χ3v) is 4.28. The number of unbranched alkanes of at least 4 members (excludes halogenated alkanes) is 4. The molecule has 0 fully saturated rings. The van der Waals surface area contributed by atoms with Gasteiger partial charge in [-0.2, -0.15) is 8.42 Å². The number of carboxylic acid groups (broad SMARTS) is 1. The Labute approximate surface area is 125 Å². The Morgan fingerprint density at radius 2 is 1.71 bits per heavy atom. The fraction of sp³-hybridized carbons (Fsp3) is 0.533. The molecular weight excluding hydrogens is 292 g/mol. The molecule has 0 aliphatic carbocycles. The molecule has 0 atom stereocenters. The minimum atomic E-state index is -4.18. The number of benzene rings is 1. The summed E-state index contributed by atoms with van der Waals surface area (Å²) >= 11 is 0. The third-order valence-electron chi connectivity index (χ3n) is 3.33. The van der Waals surface area contributed by atoms with E-state index >= 15 is 0 Å². The molecule has 0 saturated carbocycles. The minimum absolute atomic E-state index is 0.0148. The van der Waals surface area contributed by atoms with Gasteiger partial charge in [-0.1, -0.05) is 37.0 Å². The Kier molecular flexibility index (Phi) is 6.84. The molecule has 0 aliphatic rings. The van der Waals surface area contributed by atoms with Crippen molar-refractivity contribution in [2.75, 3.05) is 0 Å². The maximum absolute atomic E-state index is 11.3. The number of aliphatic carboxylic acids is 1. The Bertz CT molecular complexity index is 578. The van der Waals surface area contributed by atoms with Gasteiger partial charge in [0.15, 0.2) is 0 Å². The first-order chi connectivity index (χ1) is 9.80. The average Bonchev–Trinajstić information content (AvgIpc) is 2.35. The molecule has 2 N–H and O–H groups in total.